The first-order valence-corrected chi connectivity index (χ1v) is 6.05. The van der Waals surface area contributed by atoms with E-state index in [1.807, 2.05) is 24.4 Å². The molecule has 0 saturated heterocycles. The minimum Gasteiger partial charge on any atom is -0.481 e. The molecular formula is C15H17N3O. The van der Waals surface area contributed by atoms with Crippen molar-refractivity contribution < 1.29 is 4.74 Å². The van der Waals surface area contributed by atoms with Crippen LogP contribution in [-0.2, 0) is 6.42 Å². The van der Waals surface area contributed by atoms with E-state index < -0.39 is 0 Å². The molecule has 0 unspecified atom stereocenters. The van der Waals surface area contributed by atoms with Crippen LogP contribution in [0.4, 0.5) is 5.82 Å². The number of rotatable bonds is 4. The van der Waals surface area contributed by atoms with Crippen LogP contribution in [0.5, 0.6) is 5.88 Å². The van der Waals surface area contributed by atoms with Crippen LogP contribution in [-0.4, -0.2) is 17.1 Å². The molecule has 0 aliphatic rings. The van der Waals surface area contributed by atoms with Gasteiger partial charge in [-0.1, -0.05) is 17.7 Å². The number of hydrogen-bond acceptors (Lipinski definition) is 4. The zero-order chi connectivity index (χ0) is 13.7. The van der Waals surface area contributed by atoms with Gasteiger partial charge >= 0.3 is 0 Å². The van der Waals surface area contributed by atoms with Crippen molar-refractivity contribution in [1.82, 2.24) is 9.97 Å². The Bertz CT molecular complexity index is 559. The average Bonchev–Trinajstić information content (AvgIpc) is 2.42. The maximum absolute atomic E-state index is 5.56. The van der Waals surface area contributed by atoms with Crippen molar-refractivity contribution in [3.05, 3.63) is 53.4 Å². The van der Waals surface area contributed by atoms with Crippen molar-refractivity contribution in [2.24, 2.45) is 0 Å². The lowest BCUT2D eigenvalue weighted by Gasteiger charge is -2.03. The van der Waals surface area contributed by atoms with Crippen LogP contribution in [0.25, 0.3) is 6.08 Å². The molecule has 0 aliphatic heterocycles. The smallest absolute Gasteiger partial charge is 0.212 e. The fraction of sp³-hybridized carbons (Fsp3) is 0.200. The third-order valence-corrected chi connectivity index (χ3v) is 2.71. The van der Waals surface area contributed by atoms with Gasteiger partial charge in [-0.15, -0.1) is 0 Å². The molecule has 98 valence electrons. The van der Waals surface area contributed by atoms with Gasteiger partial charge in [0.2, 0.25) is 5.88 Å². The molecule has 2 aromatic rings. The summed E-state index contributed by atoms with van der Waals surface area (Å²) < 4.78 is 5.04. The third-order valence-electron chi connectivity index (χ3n) is 2.71. The number of nitrogen functional groups attached to an aromatic ring is 1. The van der Waals surface area contributed by atoms with Crippen LogP contribution in [0.1, 0.15) is 18.1 Å². The summed E-state index contributed by atoms with van der Waals surface area (Å²) in [7, 11) is 1.61. The molecule has 0 bridgehead atoms. The van der Waals surface area contributed by atoms with Crippen LogP contribution >= 0.6 is 0 Å². The topological polar surface area (TPSA) is 61.0 Å². The highest BCUT2D eigenvalue weighted by Gasteiger charge is 1.98. The van der Waals surface area contributed by atoms with Gasteiger partial charge in [0, 0.05) is 18.5 Å². The summed E-state index contributed by atoms with van der Waals surface area (Å²) in [5, 5.41) is 0. The fourth-order valence-corrected chi connectivity index (χ4v) is 1.80. The molecule has 0 atom stereocenters. The normalized spacial score (nSPS) is 11.4. The van der Waals surface area contributed by atoms with Gasteiger partial charge in [0.05, 0.1) is 7.11 Å². The van der Waals surface area contributed by atoms with Gasteiger partial charge in [0.1, 0.15) is 5.82 Å². The molecule has 0 radical (unpaired) electrons. The van der Waals surface area contributed by atoms with Crippen LogP contribution in [0.15, 0.2) is 42.2 Å². The van der Waals surface area contributed by atoms with Crippen molar-refractivity contribution in [3.8, 4) is 5.88 Å². The van der Waals surface area contributed by atoms with Crippen molar-refractivity contribution >= 4 is 11.9 Å². The molecule has 0 fully saturated rings. The maximum Gasteiger partial charge on any atom is 0.212 e. The van der Waals surface area contributed by atoms with E-state index in [-0.39, 0.29) is 0 Å². The number of nitrogens with two attached hydrogens (primary N) is 1. The third kappa shape index (κ3) is 3.81. The van der Waals surface area contributed by atoms with Crippen LogP contribution in [0.3, 0.4) is 0 Å². The monoisotopic (exact) mass is 255 g/mol. The Morgan fingerprint density at radius 3 is 2.63 bits per heavy atom. The Balaban J connectivity index is 2.06. The minimum atomic E-state index is 0.536. The molecule has 4 heteroatoms. The number of hydrogen-bond donors (Lipinski definition) is 1. The van der Waals surface area contributed by atoms with Crippen molar-refractivity contribution in [1.29, 1.82) is 0 Å². The van der Waals surface area contributed by atoms with Gasteiger partial charge in [-0.25, -0.2) is 9.97 Å². The lowest BCUT2D eigenvalue weighted by atomic mass is 10.1. The van der Waals surface area contributed by atoms with Gasteiger partial charge in [0.15, 0.2) is 0 Å². The molecule has 0 aromatic carbocycles. The summed E-state index contributed by atoms with van der Waals surface area (Å²) in [6.45, 7) is 2.08. The molecule has 0 saturated carbocycles. The van der Waals surface area contributed by atoms with Gasteiger partial charge < -0.3 is 10.5 Å². The molecule has 4 nitrogen and oxygen atoms in total. The van der Waals surface area contributed by atoms with Crippen LogP contribution in [0, 0.1) is 0 Å². The van der Waals surface area contributed by atoms with E-state index in [0.717, 1.165) is 17.5 Å². The Hall–Kier alpha value is -2.36. The first kappa shape index (κ1) is 13.1. The van der Waals surface area contributed by atoms with Crippen LogP contribution in [0.2, 0.25) is 0 Å². The molecule has 0 aliphatic carbocycles. The zero-order valence-corrected chi connectivity index (χ0v) is 11.1. The predicted molar refractivity (Wildman–Crippen MR) is 76.8 cm³/mol. The number of nitrogens with zero attached hydrogens (tertiary/aromatic N) is 2. The number of methoxy groups -OCH3 is 1. The highest BCUT2D eigenvalue weighted by molar-refractivity contribution is 5.53. The Morgan fingerprint density at radius 1 is 1.21 bits per heavy atom. The van der Waals surface area contributed by atoms with E-state index in [9.17, 15) is 0 Å². The number of pyridine rings is 2. The molecule has 2 aromatic heterocycles. The maximum atomic E-state index is 5.56. The molecule has 2 heterocycles. The van der Waals surface area contributed by atoms with Crippen molar-refractivity contribution in [3.63, 3.8) is 0 Å². The SMILES string of the molecule is COc1ccc(CC(C)=Cc2ccc(N)nc2)cn1. The van der Waals surface area contributed by atoms with Gasteiger partial charge in [-0.2, -0.15) is 0 Å². The summed E-state index contributed by atoms with van der Waals surface area (Å²) in [4.78, 5) is 8.26. The summed E-state index contributed by atoms with van der Waals surface area (Å²) in [5.74, 6) is 1.17. The Morgan fingerprint density at radius 2 is 2.05 bits per heavy atom. The first-order chi connectivity index (χ1) is 9.17. The lowest BCUT2D eigenvalue weighted by Crippen LogP contribution is -1.92. The molecular weight excluding hydrogens is 238 g/mol. The molecule has 19 heavy (non-hydrogen) atoms. The summed E-state index contributed by atoms with van der Waals surface area (Å²) in [6, 6.07) is 7.64. The lowest BCUT2D eigenvalue weighted by molar-refractivity contribution is 0.397. The van der Waals surface area contributed by atoms with Crippen molar-refractivity contribution in [2.75, 3.05) is 12.8 Å². The standard InChI is InChI=1S/C15H17N3O/c1-11(7-12-3-5-14(16)17-9-12)8-13-4-6-15(19-2)18-10-13/h3-7,9-10H,8H2,1-2H3,(H2,16,17). The second kappa shape index (κ2) is 6.00. The second-order valence-electron chi connectivity index (χ2n) is 4.39. The van der Waals surface area contributed by atoms with E-state index in [0.29, 0.717) is 11.7 Å². The minimum absolute atomic E-state index is 0.536. The van der Waals surface area contributed by atoms with Gasteiger partial charge in [-0.05, 0) is 36.6 Å². The van der Waals surface area contributed by atoms with Crippen molar-refractivity contribution in [2.45, 2.75) is 13.3 Å². The van der Waals surface area contributed by atoms with E-state index >= 15 is 0 Å². The number of anilines is 1. The summed E-state index contributed by atoms with van der Waals surface area (Å²) >= 11 is 0. The highest BCUT2D eigenvalue weighted by Crippen LogP contribution is 2.13. The molecule has 2 N–H and O–H groups in total. The highest BCUT2D eigenvalue weighted by atomic mass is 16.5. The number of allylic oxidation sites excluding steroid dienone is 1. The number of ether oxygens (including phenoxy) is 1. The van der Waals surface area contributed by atoms with E-state index in [1.54, 1.807) is 19.4 Å². The Labute approximate surface area is 113 Å². The van der Waals surface area contributed by atoms with Gasteiger partial charge in [0.25, 0.3) is 0 Å². The van der Waals surface area contributed by atoms with E-state index in [4.69, 9.17) is 10.5 Å². The molecule has 2 rings (SSSR count). The Kier molecular flexibility index (Phi) is 4.13. The largest absolute Gasteiger partial charge is 0.481 e. The summed E-state index contributed by atoms with van der Waals surface area (Å²) in [5.41, 5.74) is 8.99. The quantitative estimate of drug-likeness (QED) is 0.912. The first-order valence-electron chi connectivity index (χ1n) is 6.05. The van der Waals surface area contributed by atoms with E-state index in [1.165, 1.54) is 5.57 Å². The van der Waals surface area contributed by atoms with Crippen LogP contribution < -0.4 is 10.5 Å². The molecule has 0 amide bonds. The number of aromatic nitrogens is 2. The summed E-state index contributed by atoms with van der Waals surface area (Å²) in [6.07, 6.45) is 6.54. The molecule has 0 spiro atoms. The average molecular weight is 255 g/mol. The zero-order valence-electron chi connectivity index (χ0n) is 11.1. The van der Waals surface area contributed by atoms with E-state index in [2.05, 4.69) is 23.0 Å². The fourth-order valence-electron chi connectivity index (χ4n) is 1.80. The predicted octanol–water partition coefficient (Wildman–Crippen LogP) is 2.71. The van der Waals surface area contributed by atoms with Gasteiger partial charge in [-0.3, -0.25) is 0 Å². The second-order valence-corrected chi connectivity index (χ2v) is 4.39.